The number of hydrogen-bond acceptors (Lipinski definition) is 2. The van der Waals surface area contributed by atoms with Gasteiger partial charge in [-0.25, -0.2) is 0 Å². The lowest BCUT2D eigenvalue weighted by Crippen LogP contribution is -2.24. The molecule has 1 rings (SSSR count). The lowest BCUT2D eigenvalue weighted by Gasteiger charge is -2.26. The van der Waals surface area contributed by atoms with Crippen LogP contribution in [0.25, 0.3) is 0 Å². The molecule has 0 heterocycles. The monoisotopic (exact) mass is 248 g/mol. The van der Waals surface area contributed by atoms with Gasteiger partial charge in [0.1, 0.15) is 0 Å². The van der Waals surface area contributed by atoms with E-state index < -0.39 is 0 Å². The van der Waals surface area contributed by atoms with E-state index in [0.717, 1.165) is 5.56 Å². The molecule has 3 nitrogen and oxygen atoms in total. The molecule has 1 atom stereocenters. The van der Waals surface area contributed by atoms with Crippen molar-refractivity contribution in [1.82, 2.24) is 0 Å². The molecule has 1 unspecified atom stereocenters. The zero-order valence-electron chi connectivity index (χ0n) is 12.0. The first kappa shape index (κ1) is 14.6. The SMILES string of the molecule is Cc1ccc(N)c(NC(=O)CC(C)C(C)(C)C)c1. The fourth-order valence-corrected chi connectivity index (χ4v) is 1.56. The van der Waals surface area contributed by atoms with Crippen LogP contribution >= 0.6 is 0 Å². The van der Waals surface area contributed by atoms with Crippen molar-refractivity contribution in [3.63, 3.8) is 0 Å². The van der Waals surface area contributed by atoms with Gasteiger partial charge in [-0.3, -0.25) is 4.79 Å². The molecule has 100 valence electrons. The normalized spacial score (nSPS) is 13.2. The molecule has 0 saturated heterocycles. The number of benzene rings is 1. The fourth-order valence-electron chi connectivity index (χ4n) is 1.56. The van der Waals surface area contributed by atoms with Crippen LogP contribution in [-0.4, -0.2) is 5.91 Å². The Hall–Kier alpha value is -1.51. The topological polar surface area (TPSA) is 55.1 Å². The molecule has 1 aromatic carbocycles. The third kappa shape index (κ3) is 4.06. The number of aryl methyl sites for hydroxylation is 1. The van der Waals surface area contributed by atoms with Crippen molar-refractivity contribution in [2.75, 3.05) is 11.1 Å². The van der Waals surface area contributed by atoms with Gasteiger partial charge in [0.25, 0.3) is 0 Å². The van der Waals surface area contributed by atoms with Crippen LogP contribution in [-0.2, 0) is 4.79 Å². The molecule has 18 heavy (non-hydrogen) atoms. The minimum Gasteiger partial charge on any atom is -0.397 e. The van der Waals surface area contributed by atoms with Crippen molar-refractivity contribution in [3.8, 4) is 0 Å². The third-order valence-corrected chi connectivity index (χ3v) is 3.45. The summed E-state index contributed by atoms with van der Waals surface area (Å²) < 4.78 is 0. The van der Waals surface area contributed by atoms with Crippen molar-refractivity contribution < 1.29 is 4.79 Å². The maximum absolute atomic E-state index is 12.0. The predicted octanol–water partition coefficient (Wildman–Crippen LogP) is 3.59. The van der Waals surface area contributed by atoms with Gasteiger partial charge in [0.15, 0.2) is 0 Å². The number of nitrogens with one attached hydrogen (secondary N) is 1. The number of hydrogen-bond donors (Lipinski definition) is 2. The average molecular weight is 248 g/mol. The first-order chi connectivity index (χ1) is 8.20. The number of carbonyl (C=O) groups excluding carboxylic acids is 1. The standard InChI is InChI=1S/C15H24N2O/c1-10-6-7-12(16)13(8-10)17-14(18)9-11(2)15(3,4)5/h6-8,11H,9,16H2,1-5H3,(H,17,18). The lowest BCUT2D eigenvalue weighted by atomic mass is 9.80. The molecule has 0 aliphatic carbocycles. The second kappa shape index (κ2) is 5.42. The second-order valence-electron chi connectivity index (χ2n) is 6.11. The summed E-state index contributed by atoms with van der Waals surface area (Å²) in [5.41, 5.74) is 8.38. The first-order valence-electron chi connectivity index (χ1n) is 6.36. The molecule has 3 N–H and O–H groups in total. The maximum Gasteiger partial charge on any atom is 0.224 e. The van der Waals surface area contributed by atoms with E-state index in [1.54, 1.807) is 0 Å². The van der Waals surface area contributed by atoms with E-state index in [2.05, 4.69) is 33.0 Å². The van der Waals surface area contributed by atoms with E-state index in [1.807, 2.05) is 25.1 Å². The molecule has 1 amide bonds. The van der Waals surface area contributed by atoms with E-state index in [1.165, 1.54) is 0 Å². The average Bonchev–Trinajstić information content (AvgIpc) is 2.22. The summed E-state index contributed by atoms with van der Waals surface area (Å²) in [6.07, 6.45) is 0.511. The fraction of sp³-hybridized carbons (Fsp3) is 0.533. The highest BCUT2D eigenvalue weighted by Gasteiger charge is 2.22. The van der Waals surface area contributed by atoms with Crippen LogP contribution in [0.3, 0.4) is 0 Å². The highest BCUT2D eigenvalue weighted by Crippen LogP contribution is 2.28. The molecule has 0 saturated carbocycles. The molecule has 1 aromatic rings. The van der Waals surface area contributed by atoms with Gasteiger partial charge in [0.05, 0.1) is 11.4 Å². The quantitative estimate of drug-likeness (QED) is 0.803. The van der Waals surface area contributed by atoms with Gasteiger partial charge in [0, 0.05) is 6.42 Å². The molecule has 3 heteroatoms. The summed E-state index contributed by atoms with van der Waals surface area (Å²) in [4.78, 5) is 12.0. The highest BCUT2D eigenvalue weighted by atomic mass is 16.1. The van der Waals surface area contributed by atoms with Crippen molar-refractivity contribution in [2.24, 2.45) is 11.3 Å². The summed E-state index contributed by atoms with van der Waals surface area (Å²) in [6, 6.07) is 5.65. The molecule has 0 radical (unpaired) electrons. The van der Waals surface area contributed by atoms with E-state index in [4.69, 9.17) is 5.73 Å². The molecule has 0 aliphatic heterocycles. The predicted molar refractivity (Wildman–Crippen MR) is 77.5 cm³/mol. The Morgan fingerprint density at radius 1 is 1.39 bits per heavy atom. The van der Waals surface area contributed by atoms with Crippen LogP contribution in [0.1, 0.15) is 39.7 Å². The van der Waals surface area contributed by atoms with E-state index >= 15 is 0 Å². The van der Waals surface area contributed by atoms with Gasteiger partial charge in [-0.2, -0.15) is 0 Å². The smallest absolute Gasteiger partial charge is 0.224 e. The van der Waals surface area contributed by atoms with Crippen molar-refractivity contribution in [2.45, 2.75) is 41.0 Å². The van der Waals surface area contributed by atoms with Gasteiger partial charge >= 0.3 is 0 Å². The Balaban J connectivity index is 2.68. The minimum atomic E-state index is 0.0229. The molecule has 0 aliphatic rings. The number of carbonyl (C=O) groups is 1. The van der Waals surface area contributed by atoms with Crippen LogP contribution in [0.2, 0.25) is 0 Å². The summed E-state index contributed by atoms with van der Waals surface area (Å²) in [5, 5.41) is 2.89. The summed E-state index contributed by atoms with van der Waals surface area (Å²) >= 11 is 0. The second-order valence-corrected chi connectivity index (χ2v) is 6.11. The molecule has 0 fully saturated rings. The zero-order valence-corrected chi connectivity index (χ0v) is 12.0. The van der Waals surface area contributed by atoms with Crippen molar-refractivity contribution >= 4 is 17.3 Å². The van der Waals surface area contributed by atoms with Gasteiger partial charge < -0.3 is 11.1 Å². The van der Waals surface area contributed by atoms with Crippen LogP contribution in [0, 0.1) is 18.3 Å². The number of rotatable bonds is 3. The van der Waals surface area contributed by atoms with Crippen LogP contribution in [0.5, 0.6) is 0 Å². The van der Waals surface area contributed by atoms with Gasteiger partial charge in [0.2, 0.25) is 5.91 Å². The Bertz CT molecular complexity index is 433. The van der Waals surface area contributed by atoms with Crippen LogP contribution in [0.15, 0.2) is 18.2 Å². The number of amides is 1. The minimum absolute atomic E-state index is 0.0229. The molecular formula is C15H24N2O. The van der Waals surface area contributed by atoms with E-state index in [-0.39, 0.29) is 11.3 Å². The summed E-state index contributed by atoms with van der Waals surface area (Å²) in [5.74, 6) is 0.346. The lowest BCUT2D eigenvalue weighted by molar-refractivity contribution is -0.117. The first-order valence-corrected chi connectivity index (χ1v) is 6.36. The third-order valence-electron chi connectivity index (χ3n) is 3.45. The summed E-state index contributed by atoms with van der Waals surface area (Å²) in [7, 11) is 0. The summed E-state index contributed by atoms with van der Waals surface area (Å²) in [6.45, 7) is 10.5. The number of anilines is 2. The van der Waals surface area contributed by atoms with Crippen LogP contribution < -0.4 is 11.1 Å². The van der Waals surface area contributed by atoms with Gasteiger partial charge in [-0.05, 0) is 36.0 Å². The Morgan fingerprint density at radius 2 is 2.00 bits per heavy atom. The van der Waals surface area contributed by atoms with Gasteiger partial charge in [-0.1, -0.05) is 33.8 Å². The van der Waals surface area contributed by atoms with Crippen molar-refractivity contribution in [1.29, 1.82) is 0 Å². The molecule has 0 bridgehead atoms. The Kier molecular flexibility index (Phi) is 4.38. The highest BCUT2D eigenvalue weighted by molar-refractivity contribution is 5.94. The maximum atomic E-state index is 12.0. The number of nitrogens with two attached hydrogens (primary N) is 1. The largest absolute Gasteiger partial charge is 0.397 e. The van der Waals surface area contributed by atoms with E-state index in [9.17, 15) is 4.79 Å². The number of nitrogen functional groups attached to an aromatic ring is 1. The van der Waals surface area contributed by atoms with Gasteiger partial charge in [-0.15, -0.1) is 0 Å². The Labute approximate surface area is 110 Å². The molecule has 0 spiro atoms. The molecule has 0 aromatic heterocycles. The zero-order chi connectivity index (χ0) is 13.9. The Morgan fingerprint density at radius 3 is 2.56 bits per heavy atom. The molecular weight excluding hydrogens is 224 g/mol. The van der Waals surface area contributed by atoms with Crippen LogP contribution in [0.4, 0.5) is 11.4 Å². The van der Waals surface area contributed by atoms with Crippen molar-refractivity contribution in [3.05, 3.63) is 23.8 Å². The van der Waals surface area contributed by atoms with E-state index in [0.29, 0.717) is 23.7 Å².